The Balaban J connectivity index is 1.52. The van der Waals surface area contributed by atoms with Crippen LogP contribution in [0.15, 0.2) is 65.0 Å². The first kappa shape index (κ1) is 20.9. The second-order valence-electron chi connectivity index (χ2n) is 8.99. The van der Waals surface area contributed by atoms with Crippen LogP contribution in [0.25, 0.3) is 0 Å². The average Bonchev–Trinajstić information content (AvgIpc) is 3.13. The topological polar surface area (TPSA) is 59.8 Å². The molecule has 164 valence electrons. The van der Waals surface area contributed by atoms with Gasteiger partial charge in [-0.3, -0.25) is 4.79 Å². The summed E-state index contributed by atoms with van der Waals surface area (Å²) in [5.74, 6) is 0.509. The van der Waals surface area contributed by atoms with E-state index in [1.807, 2.05) is 6.07 Å². The zero-order valence-corrected chi connectivity index (χ0v) is 18.5. The van der Waals surface area contributed by atoms with Crippen molar-refractivity contribution in [2.24, 2.45) is 5.41 Å². The molecular formula is C24H22F2N4OS. The van der Waals surface area contributed by atoms with E-state index in [2.05, 4.69) is 29.2 Å². The van der Waals surface area contributed by atoms with Gasteiger partial charge in [0.15, 0.2) is 5.78 Å². The number of thioether (sulfide) groups is 1. The van der Waals surface area contributed by atoms with Crippen molar-refractivity contribution in [2.45, 2.75) is 43.6 Å². The molecular weight excluding hydrogens is 430 g/mol. The van der Waals surface area contributed by atoms with Gasteiger partial charge in [-0.25, -0.2) is 13.5 Å². The van der Waals surface area contributed by atoms with E-state index >= 15 is 0 Å². The molecule has 2 aliphatic rings. The number of hydrogen-bond acceptors (Lipinski definition) is 5. The Morgan fingerprint density at radius 3 is 2.66 bits per heavy atom. The number of hydrogen-bond donors (Lipinski definition) is 1. The van der Waals surface area contributed by atoms with Crippen LogP contribution in [0.5, 0.6) is 0 Å². The summed E-state index contributed by atoms with van der Waals surface area (Å²) in [7, 11) is 0. The molecule has 0 bridgehead atoms. The largest absolute Gasteiger partial charge is 0.328 e. The van der Waals surface area contributed by atoms with Crippen molar-refractivity contribution in [3.05, 3.63) is 82.6 Å². The van der Waals surface area contributed by atoms with Gasteiger partial charge in [-0.2, -0.15) is 4.98 Å². The van der Waals surface area contributed by atoms with Crippen molar-refractivity contribution in [1.82, 2.24) is 14.8 Å². The molecule has 1 N–H and O–H groups in total. The number of rotatable bonds is 4. The molecule has 1 atom stereocenters. The minimum absolute atomic E-state index is 0.0631. The number of anilines is 1. The smallest absolute Gasteiger partial charge is 0.227 e. The molecule has 0 fully saturated rings. The van der Waals surface area contributed by atoms with Crippen LogP contribution in [0, 0.1) is 17.0 Å². The summed E-state index contributed by atoms with van der Waals surface area (Å²) in [6.07, 6.45) is 1.15. The third-order valence-corrected chi connectivity index (χ3v) is 6.66. The number of allylic oxidation sites excluding steroid dienone is 2. The van der Waals surface area contributed by atoms with Crippen LogP contribution in [0.2, 0.25) is 0 Å². The van der Waals surface area contributed by atoms with Gasteiger partial charge in [-0.05, 0) is 47.2 Å². The molecule has 5 rings (SSSR count). The van der Waals surface area contributed by atoms with Crippen molar-refractivity contribution < 1.29 is 13.6 Å². The molecule has 0 spiro atoms. The van der Waals surface area contributed by atoms with Crippen molar-refractivity contribution in [3.8, 4) is 0 Å². The number of carbonyl (C=O) groups is 1. The molecule has 1 aromatic heterocycles. The predicted octanol–water partition coefficient (Wildman–Crippen LogP) is 5.51. The highest BCUT2D eigenvalue weighted by Gasteiger charge is 2.41. The normalized spacial score (nSPS) is 19.4. The maximum Gasteiger partial charge on any atom is 0.227 e. The first-order chi connectivity index (χ1) is 15.3. The number of nitrogens with one attached hydrogen (secondary N) is 1. The van der Waals surface area contributed by atoms with Gasteiger partial charge in [0.05, 0.1) is 0 Å². The number of ketones is 1. The first-order valence-corrected chi connectivity index (χ1v) is 11.4. The van der Waals surface area contributed by atoms with Crippen LogP contribution in [-0.4, -0.2) is 20.5 Å². The van der Waals surface area contributed by atoms with Crippen LogP contribution >= 0.6 is 11.8 Å². The maximum absolute atomic E-state index is 13.6. The van der Waals surface area contributed by atoms with Crippen molar-refractivity contribution in [1.29, 1.82) is 0 Å². The molecule has 8 heteroatoms. The van der Waals surface area contributed by atoms with E-state index in [1.165, 1.54) is 36.0 Å². The van der Waals surface area contributed by atoms with Gasteiger partial charge in [-0.15, -0.1) is 5.10 Å². The van der Waals surface area contributed by atoms with E-state index in [0.29, 0.717) is 35.3 Å². The summed E-state index contributed by atoms with van der Waals surface area (Å²) in [6, 6.07) is 12.1. The average molecular weight is 453 g/mol. The molecule has 3 aromatic rings. The zero-order valence-electron chi connectivity index (χ0n) is 17.7. The van der Waals surface area contributed by atoms with Crippen molar-refractivity contribution in [3.63, 3.8) is 0 Å². The van der Waals surface area contributed by atoms with Crippen LogP contribution < -0.4 is 5.32 Å². The Morgan fingerprint density at radius 2 is 1.91 bits per heavy atom. The molecule has 5 nitrogen and oxygen atoms in total. The number of nitrogens with zero attached hydrogens (tertiary/aromatic N) is 3. The van der Waals surface area contributed by atoms with Gasteiger partial charge >= 0.3 is 0 Å². The summed E-state index contributed by atoms with van der Waals surface area (Å²) in [5, 5.41) is 8.51. The Labute approximate surface area is 188 Å². The molecule has 1 aliphatic heterocycles. The van der Waals surface area contributed by atoms with E-state index in [9.17, 15) is 13.6 Å². The number of carbonyl (C=O) groups excluding carboxylic acids is 1. The van der Waals surface area contributed by atoms with Gasteiger partial charge in [0, 0.05) is 23.4 Å². The summed E-state index contributed by atoms with van der Waals surface area (Å²) < 4.78 is 28.8. The van der Waals surface area contributed by atoms with Gasteiger partial charge in [0.1, 0.15) is 17.7 Å². The second-order valence-corrected chi connectivity index (χ2v) is 9.94. The molecule has 0 saturated heterocycles. The lowest BCUT2D eigenvalue weighted by Gasteiger charge is -2.38. The van der Waals surface area contributed by atoms with Crippen molar-refractivity contribution >= 4 is 23.5 Å². The fourth-order valence-electron chi connectivity index (χ4n) is 4.38. The summed E-state index contributed by atoms with van der Waals surface area (Å²) in [5.41, 5.74) is 2.96. The van der Waals surface area contributed by atoms with Crippen LogP contribution in [-0.2, 0) is 10.5 Å². The second kappa shape index (κ2) is 7.85. The van der Waals surface area contributed by atoms with E-state index in [-0.39, 0.29) is 22.8 Å². The Kier molecular flexibility index (Phi) is 5.12. The van der Waals surface area contributed by atoms with Crippen molar-refractivity contribution in [2.75, 3.05) is 5.32 Å². The summed E-state index contributed by atoms with van der Waals surface area (Å²) in [4.78, 5) is 17.8. The Morgan fingerprint density at radius 1 is 1.12 bits per heavy atom. The number of halogens is 2. The van der Waals surface area contributed by atoms with Gasteiger partial charge in [0.25, 0.3) is 0 Å². The summed E-state index contributed by atoms with van der Waals surface area (Å²) in [6.45, 7) is 4.14. The van der Waals surface area contributed by atoms with Gasteiger partial charge in [-0.1, -0.05) is 49.9 Å². The fourth-order valence-corrected chi connectivity index (χ4v) is 5.15. The van der Waals surface area contributed by atoms with Crippen LogP contribution in [0.1, 0.15) is 43.9 Å². The predicted molar refractivity (Wildman–Crippen MR) is 119 cm³/mol. The zero-order chi connectivity index (χ0) is 22.5. The lowest BCUT2D eigenvalue weighted by atomic mass is 9.73. The molecule has 0 saturated carbocycles. The molecule has 0 amide bonds. The number of aromatic nitrogens is 3. The lowest BCUT2D eigenvalue weighted by Crippen LogP contribution is -2.36. The molecule has 1 unspecified atom stereocenters. The molecule has 2 aromatic carbocycles. The number of fused-ring (bicyclic) bond motifs is 1. The third-order valence-electron chi connectivity index (χ3n) is 5.76. The Hall–Kier alpha value is -3.00. The standard InChI is InChI=1S/C24H22F2N4OS/c1-24(2)11-18-20(19(31)12-24)21(15-6-8-16(25)9-7-15)30-22(27-18)28-23(29-30)32-13-14-4-3-5-17(26)10-14/h3-10,21H,11-13H2,1-2H3,(H,27,28,29). The van der Waals surface area contributed by atoms with E-state index < -0.39 is 6.04 Å². The van der Waals surface area contributed by atoms with E-state index in [4.69, 9.17) is 0 Å². The molecule has 1 aliphatic carbocycles. The minimum Gasteiger partial charge on any atom is -0.328 e. The fraction of sp³-hybridized carbons (Fsp3) is 0.292. The van der Waals surface area contributed by atoms with Gasteiger partial charge < -0.3 is 5.32 Å². The van der Waals surface area contributed by atoms with Crippen LogP contribution in [0.3, 0.4) is 0 Å². The monoisotopic (exact) mass is 452 g/mol. The highest BCUT2D eigenvalue weighted by Crippen LogP contribution is 2.45. The van der Waals surface area contributed by atoms with E-state index in [0.717, 1.165) is 16.8 Å². The van der Waals surface area contributed by atoms with E-state index in [1.54, 1.807) is 22.9 Å². The van der Waals surface area contributed by atoms with Crippen LogP contribution in [0.4, 0.5) is 14.7 Å². The van der Waals surface area contributed by atoms with Gasteiger partial charge in [0.2, 0.25) is 11.1 Å². The first-order valence-electron chi connectivity index (χ1n) is 10.4. The SMILES string of the molecule is CC1(C)CC(=O)C2=C(C1)Nc1nc(SCc3cccc(F)c3)nn1C2c1ccc(F)cc1. The molecule has 32 heavy (non-hydrogen) atoms. The summed E-state index contributed by atoms with van der Waals surface area (Å²) >= 11 is 1.40. The quantitative estimate of drug-likeness (QED) is 0.529. The highest BCUT2D eigenvalue weighted by molar-refractivity contribution is 7.98. The number of Topliss-reactive ketones (excluding diaryl/α,β-unsaturated/α-hetero) is 1. The number of benzene rings is 2. The molecule has 0 radical (unpaired) electrons. The lowest BCUT2D eigenvalue weighted by molar-refractivity contribution is -0.118. The minimum atomic E-state index is -0.471. The Bertz CT molecular complexity index is 1230. The molecule has 2 heterocycles. The third kappa shape index (κ3) is 3.95. The highest BCUT2D eigenvalue weighted by atomic mass is 32.2. The maximum atomic E-state index is 13.6.